The van der Waals surface area contributed by atoms with Gasteiger partial charge in [0.25, 0.3) is 0 Å². The van der Waals surface area contributed by atoms with Gasteiger partial charge in [-0.3, -0.25) is 0 Å². The van der Waals surface area contributed by atoms with Gasteiger partial charge in [0.05, 0.1) is 6.07 Å². The van der Waals surface area contributed by atoms with Crippen molar-refractivity contribution in [3.63, 3.8) is 0 Å². The lowest BCUT2D eigenvalue weighted by molar-refractivity contribution is 0.470. The number of aryl methyl sites for hydroxylation is 1. The standard InChI is InChI=1S/C10H10BrNO/c11-7-9-4-3-8(2-1-5-12)6-10(9)13/h3-4,6,13H,1-2,7H2. The first-order valence-electron chi connectivity index (χ1n) is 4.01. The second-order valence-corrected chi connectivity index (χ2v) is 3.32. The molecule has 0 amide bonds. The lowest BCUT2D eigenvalue weighted by atomic mass is 10.1. The van der Waals surface area contributed by atoms with E-state index in [9.17, 15) is 5.11 Å². The zero-order chi connectivity index (χ0) is 9.68. The van der Waals surface area contributed by atoms with Gasteiger partial charge in [-0.25, -0.2) is 0 Å². The Labute approximate surface area is 85.9 Å². The minimum Gasteiger partial charge on any atom is -0.508 e. The number of phenols is 1. The van der Waals surface area contributed by atoms with Gasteiger partial charge in [-0.1, -0.05) is 28.1 Å². The van der Waals surface area contributed by atoms with Gasteiger partial charge < -0.3 is 5.11 Å². The fourth-order valence-corrected chi connectivity index (χ4v) is 1.55. The van der Waals surface area contributed by atoms with Crippen LogP contribution in [0.25, 0.3) is 0 Å². The smallest absolute Gasteiger partial charge is 0.119 e. The second-order valence-electron chi connectivity index (χ2n) is 2.75. The Morgan fingerprint density at radius 1 is 1.46 bits per heavy atom. The Hall–Kier alpha value is -1.01. The zero-order valence-electron chi connectivity index (χ0n) is 7.13. The van der Waals surface area contributed by atoms with E-state index in [0.29, 0.717) is 23.9 Å². The van der Waals surface area contributed by atoms with E-state index in [1.807, 2.05) is 12.1 Å². The summed E-state index contributed by atoms with van der Waals surface area (Å²) in [4.78, 5) is 0. The molecular weight excluding hydrogens is 230 g/mol. The number of hydrogen-bond donors (Lipinski definition) is 1. The van der Waals surface area contributed by atoms with Crippen LogP contribution in [-0.2, 0) is 11.8 Å². The van der Waals surface area contributed by atoms with Crippen molar-refractivity contribution in [2.24, 2.45) is 0 Å². The second kappa shape index (κ2) is 4.88. The molecule has 68 valence electrons. The van der Waals surface area contributed by atoms with Gasteiger partial charge >= 0.3 is 0 Å². The summed E-state index contributed by atoms with van der Waals surface area (Å²) in [6.45, 7) is 0. The molecule has 1 aromatic rings. The summed E-state index contributed by atoms with van der Waals surface area (Å²) in [6.07, 6.45) is 1.19. The number of halogens is 1. The van der Waals surface area contributed by atoms with Crippen LogP contribution in [0.2, 0.25) is 0 Å². The molecule has 2 nitrogen and oxygen atoms in total. The summed E-state index contributed by atoms with van der Waals surface area (Å²) in [7, 11) is 0. The third kappa shape index (κ3) is 2.74. The van der Waals surface area contributed by atoms with Crippen LogP contribution in [-0.4, -0.2) is 5.11 Å². The van der Waals surface area contributed by atoms with Crippen molar-refractivity contribution in [2.45, 2.75) is 18.2 Å². The van der Waals surface area contributed by atoms with Crippen molar-refractivity contribution in [3.05, 3.63) is 29.3 Å². The molecule has 0 aliphatic heterocycles. The Bertz CT molecular complexity index is 330. The molecule has 0 spiro atoms. The predicted octanol–water partition coefficient (Wildman–Crippen LogP) is 2.74. The number of benzene rings is 1. The molecule has 0 bridgehead atoms. The van der Waals surface area contributed by atoms with Crippen molar-refractivity contribution in [1.82, 2.24) is 0 Å². The number of hydrogen-bond acceptors (Lipinski definition) is 2. The van der Waals surface area contributed by atoms with Crippen LogP contribution in [0, 0.1) is 11.3 Å². The fourth-order valence-electron chi connectivity index (χ4n) is 1.08. The van der Waals surface area contributed by atoms with Crippen LogP contribution in [0.3, 0.4) is 0 Å². The third-order valence-electron chi connectivity index (χ3n) is 1.82. The summed E-state index contributed by atoms with van der Waals surface area (Å²) in [5.74, 6) is 0.298. The SMILES string of the molecule is N#CCCc1ccc(CBr)c(O)c1. The van der Waals surface area contributed by atoms with Crippen molar-refractivity contribution in [1.29, 1.82) is 5.26 Å². The maximum Gasteiger partial charge on any atom is 0.119 e. The van der Waals surface area contributed by atoms with Crippen LogP contribution >= 0.6 is 15.9 Å². The summed E-state index contributed by atoms with van der Waals surface area (Å²) < 4.78 is 0. The quantitative estimate of drug-likeness (QED) is 0.825. The van der Waals surface area contributed by atoms with E-state index in [1.165, 1.54) is 0 Å². The summed E-state index contributed by atoms with van der Waals surface area (Å²) in [6, 6.07) is 7.60. The normalized spacial score (nSPS) is 9.54. The van der Waals surface area contributed by atoms with Gasteiger partial charge in [-0.2, -0.15) is 5.26 Å². The number of alkyl halides is 1. The lowest BCUT2D eigenvalue weighted by Gasteiger charge is -2.02. The van der Waals surface area contributed by atoms with E-state index >= 15 is 0 Å². The van der Waals surface area contributed by atoms with E-state index in [4.69, 9.17) is 5.26 Å². The molecule has 0 atom stereocenters. The van der Waals surface area contributed by atoms with E-state index in [0.717, 1.165) is 11.1 Å². The topological polar surface area (TPSA) is 44.0 Å². The minimum atomic E-state index is 0.298. The van der Waals surface area contributed by atoms with Gasteiger partial charge in [-0.15, -0.1) is 0 Å². The molecule has 13 heavy (non-hydrogen) atoms. The zero-order valence-corrected chi connectivity index (χ0v) is 8.71. The monoisotopic (exact) mass is 239 g/mol. The first-order chi connectivity index (χ1) is 6.27. The highest BCUT2D eigenvalue weighted by molar-refractivity contribution is 9.08. The van der Waals surface area contributed by atoms with Crippen molar-refractivity contribution >= 4 is 15.9 Å². The molecule has 3 heteroatoms. The van der Waals surface area contributed by atoms with Gasteiger partial charge in [0.15, 0.2) is 0 Å². The van der Waals surface area contributed by atoms with Crippen LogP contribution < -0.4 is 0 Å². The Morgan fingerprint density at radius 3 is 2.77 bits per heavy atom. The van der Waals surface area contributed by atoms with E-state index in [1.54, 1.807) is 6.07 Å². The van der Waals surface area contributed by atoms with Crippen molar-refractivity contribution in [3.8, 4) is 11.8 Å². The highest BCUT2D eigenvalue weighted by Gasteiger charge is 2.00. The maximum absolute atomic E-state index is 9.48. The van der Waals surface area contributed by atoms with Crippen molar-refractivity contribution < 1.29 is 5.11 Å². The molecule has 0 radical (unpaired) electrons. The van der Waals surface area contributed by atoms with Crippen LogP contribution in [0.4, 0.5) is 0 Å². The van der Waals surface area contributed by atoms with Crippen LogP contribution in [0.15, 0.2) is 18.2 Å². The summed E-state index contributed by atoms with van der Waals surface area (Å²) in [5.41, 5.74) is 1.88. The van der Waals surface area contributed by atoms with Gasteiger partial charge in [0.1, 0.15) is 5.75 Å². The van der Waals surface area contributed by atoms with E-state index < -0.39 is 0 Å². The number of rotatable bonds is 3. The molecule has 0 heterocycles. The Morgan fingerprint density at radius 2 is 2.23 bits per heavy atom. The molecule has 1 rings (SSSR count). The molecule has 0 aliphatic carbocycles. The average molecular weight is 240 g/mol. The van der Waals surface area contributed by atoms with Crippen LogP contribution in [0.5, 0.6) is 5.75 Å². The highest BCUT2D eigenvalue weighted by atomic mass is 79.9. The number of nitriles is 1. The minimum absolute atomic E-state index is 0.298. The molecule has 0 unspecified atom stereocenters. The average Bonchev–Trinajstić information content (AvgIpc) is 2.15. The Balaban J connectivity index is 2.78. The lowest BCUT2D eigenvalue weighted by Crippen LogP contribution is -1.86. The Kier molecular flexibility index (Phi) is 3.78. The predicted molar refractivity (Wildman–Crippen MR) is 54.7 cm³/mol. The molecular formula is C10H10BrNO. The van der Waals surface area contributed by atoms with E-state index in [-0.39, 0.29) is 0 Å². The summed E-state index contributed by atoms with van der Waals surface area (Å²) in [5, 5.41) is 18.5. The molecule has 0 fully saturated rings. The molecule has 0 saturated carbocycles. The summed E-state index contributed by atoms with van der Waals surface area (Å²) >= 11 is 3.27. The first kappa shape index (κ1) is 10.1. The van der Waals surface area contributed by atoms with Gasteiger partial charge in [0, 0.05) is 17.3 Å². The third-order valence-corrected chi connectivity index (χ3v) is 2.42. The van der Waals surface area contributed by atoms with Crippen molar-refractivity contribution in [2.75, 3.05) is 0 Å². The molecule has 0 aromatic heterocycles. The van der Waals surface area contributed by atoms with Gasteiger partial charge in [0.2, 0.25) is 0 Å². The molecule has 0 saturated heterocycles. The number of phenolic OH excluding ortho intramolecular Hbond substituents is 1. The number of aromatic hydroxyl groups is 1. The largest absolute Gasteiger partial charge is 0.508 e. The van der Waals surface area contributed by atoms with Gasteiger partial charge in [-0.05, 0) is 18.1 Å². The molecule has 0 aliphatic rings. The fraction of sp³-hybridized carbons (Fsp3) is 0.300. The molecule has 1 N–H and O–H groups in total. The maximum atomic E-state index is 9.48. The highest BCUT2D eigenvalue weighted by Crippen LogP contribution is 2.21. The van der Waals surface area contributed by atoms with Crippen LogP contribution in [0.1, 0.15) is 17.5 Å². The van der Waals surface area contributed by atoms with E-state index in [2.05, 4.69) is 22.0 Å². The number of nitrogens with zero attached hydrogens (tertiary/aromatic N) is 1. The molecule has 1 aromatic carbocycles. The first-order valence-corrected chi connectivity index (χ1v) is 5.13.